The van der Waals surface area contributed by atoms with Crippen molar-refractivity contribution in [3.63, 3.8) is 0 Å². The largest absolute Gasteiger partial charge is 0.497 e. The van der Waals surface area contributed by atoms with E-state index in [-0.39, 0.29) is 5.84 Å². The minimum Gasteiger partial charge on any atom is -0.497 e. The molecule has 5 nitrogen and oxygen atoms in total. The van der Waals surface area contributed by atoms with Crippen molar-refractivity contribution < 1.29 is 9.47 Å². The molecular weight excluding hydrogens is 254 g/mol. The zero-order chi connectivity index (χ0) is 14.5. The minimum absolute atomic E-state index is 0.0145. The Kier molecular flexibility index (Phi) is 4.84. The third-order valence-corrected chi connectivity index (χ3v) is 3.86. The average molecular weight is 277 g/mol. The molecule has 1 atom stereocenters. The van der Waals surface area contributed by atoms with Crippen LogP contribution < -0.4 is 15.2 Å². The van der Waals surface area contributed by atoms with Gasteiger partial charge in [0.1, 0.15) is 17.3 Å². The van der Waals surface area contributed by atoms with Crippen molar-refractivity contribution in [2.24, 2.45) is 5.73 Å². The average Bonchev–Trinajstić information content (AvgIpc) is 2.84. The molecule has 1 unspecified atom stereocenters. The van der Waals surface area contributed by atoms with Gasteiger partial charge in [-0.25, -0.2) is 0 Å². The van der Waals surface area contributed by atoms with Gasteiger partial charge in [0.15, 0.2) is 0 Å². The van der Waals surface area contributed by atoms with Crippen molar-refractivity contribution in [1.82, 2.24) is 4.90 Å². The fourth-order valence-electron chi connectivity index (χ4n) is 2.62. The number of methoxy groups -OCH3 is 1. The first-order chi connectivity index (χ1) is 9.61. The molecule has 3 N–H and O–H groups in total. The van der Waals surface area contributed by atoms with Crippen molar-refractivity contribution in [2.75, 3.05) is 27.3 Å². The second-order valence-electron chi connectivity index (χ2n) is 5.19. The number of ether oxygens (including phenoxy) is 2. The normalized spacial score (nSPS) is 19.0. The van der Waals surface area contributed by atoms with Gasteiger partial charge in [-0.05, 0) is 45.0 Å². The molecule has 0 aliphatic carbocycles. The number of nitrogens with one attached hydrogen (secondary N) is 1. The highest BCUT2D eigenvalue weighted by Gasteiger charge is 2.20. The molecule has 0 radical (unpaired) electrons. The lowest BCUT2D eigenvalue weighted by Crippen LogP contribution is -2.26. The molecule has 1 fully saturated rings. The Bertz CT molecular complexity index is 476. The Morgan fingerprint density at radius 2 is 2.30 bits per heavy atom. The zero-order valence-corrected chi connectivity index (χ0v) is 12.2. The lowest BCUT2D eigenvalue weighted by Gasteiger charge is -2.20. The summed E-state index contributed by atoms with van der Waals surface area (Å²) in [5.41, 5.74) is 6.19. The van der Waals surface area contributed by atoms with E-state index >= 15 is 0 Å². The van der Waals surface area contributed by atoms with Crippen LogP contribution in [0.25, 0.3) is 0 Å². The summed E-state index contributed by atoms with van der Waals surface area (Å²) in [6.45, 7) is 1.80. The van der Waals surface area contributed by atoms with Gasteiger partial charge in [-0.3, -0.25) is 5.41 Å². The van der Waals surface area contributed by atoms with Gasteiger partial charge in [0, 0.05) is 12.1 Å². The maximum absolute atomic E-state index is 7.59. The molecule has 1 aromatic rings. The van der Waals surface area contributed by atoms with Crippen LogP contribution in [0.4, 0.5) is 0 Å². The van der Waals surface area contributed by atoms with Gasteiger partial charge < -0.3 is 20.1 Å². The highest BCUT2D eigenvalue weighted by Crippen LogP contribution is 2.25. The quantitative estimate of drug-likeness (QED) is 0.615. The maximum atomic E-state index is 7.59. The van der Waals surface area contributed by atoms with Gasteiger partial charge in [0.05, 0.1) is 19.3 Å². The number of likely N-dealkylation sites (tertiary alicyclic amines) is 1. The van der Waals surface area contributed by atoms with Crippen molar-refractivity contribution in [3.8, 4) is 11.5 Å². The molecule has 1 aliphatic heterocycles. The van der Waals surface area contributed by atoms with Crippen LogP contribution in [0.3, 0.4) is 0 Å². The number of hydrogen-bond donors (Lipinski definition) is 2. The van der Waals surface area contributed by atoms with Gasteiger partial charge >= 0.3 is 0 Å². The zero-order valence-electron chi connectivity index (χ0n) is 12.2. The summed E-state index contributed by atoms with van der Waals surface area (Å²) in [5.74, 6) is 1.35. The summed E-state index contributed by atoms with van der Waals surface area (Å²) in [4.78, 5) is 2.38. The first kappa shape index (κ1) is 14.7. The summed E-state index contributed by atoms with van der Waals surface area (Å²) < 4.78 is 11.0. The second-order valence-corrected chi connectivity index (χ2v) is 5.19. The fraction of sp³-hybridized carbons (Fsp3) is 0.533. The Balaban J connectivity index is 1.98. The topological polar surface area (TPSA) is 71.6 Å². The maximum Gasteiger partial charge on any atom is 0.133 e. The van der Waals surface area contributed by atoms with Crippen LogP contribution in [0.5, 0.6) is 11.5 Å². The fourth-order valence-corrected chi connectivity index (χ4v) is 2.62. The number of amidine groups is 1. The van der Waals surface area contributed by atoms with Crippen molar-refractivity contribution in [2.45, 2.75) is 25.3 Å². The summed E-state index contributed by atoms with van der Waals surface area (Å²) in [6, 6.07) is 5.93. The summed E-state index contributed by atoms with van der Waals surface area (Å²) in [6.07, 6.45) is 3.49. The Morgan fingerprint density at radius 1 is 1.50 bits per heavy atom. The standard InChI is InChI=1S/C15H23N3O2/c1-18-8-3-4-11(18)7-9-20-14-10-12(19-2)5-6-13(14)15(16)17/h5-6,10-11H,3-4,7-9H2,1-2H3,(H3,16,17). The number of nitrogen functional groups attached to an aromatic ring is 1. The number of rotatable bonds is 6. The molecule has 1 saturated heterocycles. The monoisotopic (exact) mass is 277 g/mol. The first-order valence-electron chi connectivity index (χ1n) is 6.97. The molecule has 0 amide bonds. The molecular formula is C15H23N3O2. The summed E-state index contributed by atoms with van der Waals surface area (Å²) in [7, 11) is 3.77. The Labute approximate surface area is 120 Å². The Hall–Kier alpha value is -1.75. The van der Waals surface area contributed by atoms with E-state index in [0.717, 1.165) is 6.42 Å². The highest BCUT2D eigenvalue weighted by molar-refractivity contribution is 5.97. The van der Waals surface area contributed by atoms with Gasteiger partial charge in [-0.1, -0.05) is 0 Å². The molecule has 0 saturated carbocycles. The molecule has 0 aromatic heterocycles. The molecule has 1 heterocycles. The van der Waals surface area contributed by atoms with E-state index in [1.165, 1.54) is 19.4 Å². The van der Waals surface area contributed by atoms with Crippen LogP contribution in [-0.2, 0) is 0 Å². The van der Waals surface area contributed by atoms with E-state index in [4.69, 9.17) is 20.6 Å². The van der Waals surface area contributed by atoms with Crippen LogP contribution in [0.1, 0.15) is 24.8 Å². The smallest absolute Gasteiger partial charge is 0.133 e. The van der Waals surface area contributed by atoms with Gasteiger partial charge in [0.2, 0.25) is 0 Å². The van der Waals surface area contributed by atoms with Gasteiger partial charge in [-0.2, -0.15) is 0 Å². The minimum atomic E-state index is 0.0145. The highest BCUT2D eigenvalue weighted by atomic mass is 16.5. The predicted octanol–water partition coefficient (Wildman–Crippen LogP) is 1.84. The van der Waals surface area contributed by atoms with Crippen LogP contribution in [0.15, 0.2) is 18.2 Å². The lowest BCUT2D eigenvalue weighted by molar-refractivity contribution is 0.232. The van der Waals surface area contributed by atoms with E-state index < -0.39 is 0 Å². The van der Waals surface area contributed by atoms with Crippen molar-refractivity contribution in [1.29, 1.82) is 5.41 Å². The van der Waals surface area contributed by atoms with Crippen LogP contribution in [-0.4, -0.2) is 44.1 Å². The van der Waals surface area contributed by atoms with E-state index in [0.29, 0.717) is 29.7 Å². The third kappa shape index (κ3) is 3.42. The number of hydrogen-bond acceptors (Lipinski definition) is 4. The van der Waals surface area contributed by atoms with Crippen molar-refractivity contribution >= 4 is 5.84 Å². The molecule has 1 aromatic carbocycles. The van der Waals surface area contributed by atoms with E-state index in [1.54, 1.807) is 25.3 Å². The Morgan fingerprint density at radius 3 is 2.90 bits per heavy atom. The molecule has 20 heavy (non-hydrogen) atoms. The molecule has 110 valence electrons. The van der Waals surface area contributed by atoms with E-state index in [2.05, 4.69) is 11.9 Å². The molecule has 1 aliphatic rings. The number of nitrogens with two attached hydrogens (primary N) is 1. The van der Waals surface area contributed by atoms with Crippen LogP contribution >= 0.6 is 0 Å². The predicted molar refractivity (Wildman–Crippen MR) is 79.8 cm³/mol. The first-order valence-corrected chi connectivity index (χ1v) is 6.97. The number of benzene rings is 1. The summed E-state index contributed by atoms with van der Waals surface area (Å²) in [5, 5.41) is 7.59. The van der Waals surface area contributed by atoms with Gasteiger partial charge in [-0.15, -0.1) is 0 Å². The summed E-state index contributed by atoms with van der Waals surface area (Å²) >= 11 is 0. The van der Waals surface area contributed by atoms with Crippen molar-refractivity contribution in [3.05, 3.63) is 23.8 Å². The van der Waals surface area contributed by atoms with Gasteiger partial charge in [0.25, 0.3) is 0 Å². The van der Waals surface area contributed by atoms with E-state index in [9.17, 15) is 0 Å². The van der Waals surface area contributed by atoms with Crippen LogP contribution in [0, 0.1) is 5.41 Å². The second kappa shape index (κ2) is 6.61. The SMILES string of the molecule is COc1ccc(C(=N)N)c(OCCC2CCCN2C)c1. The number of nitrogens with zero attached hydrogens (tertiary/aromatic N) is 1. The van der Waals surface area contributed by atoms with E-state index in [1.807, 2.05) is 0 Å². The molecule has 5 heteroatoms. The third-order valence-electron chi connectivity index (χ3n) is 3.86. The van der Waals surface area contributed by atoms with Crippen LogP contribution in [0.2, 0.25) is 0 Å². The molecule has 2 rings (SSSR count). The molecule has 0 bridgehead atoms. The molecule has 0 spiro atoms. The lowest BCUT2D eigenvalue weighted by atomic mass is 10.1.